The highest BCUT2D eigenvalue weighted by Gasteiger charge is 2.26. The first-order chi connectivity index (χ1) is 20.6. The fraction of sp³-hybridized carbons (Fsp3) is 0.121. The molecule has 0 unspecified atom stereocenters. The number of sulfonamides is 1. The van der Waals surface area contributed by atoms with Crippen LogP contribution in [0.4, 0.5) is 5.69 Å². The van der Waals surface area contributed by atoms with Gasteiger partial charge in [-0.1, -0.05) is 42.0 Å². The number of amides is 1. The van der Waals surface area contributed by atoms with Crippen LogP contribution >= 0.6 is 0 Å². The van der Waals surface area contributed by atoms with E-state index >= 15 is 0 Å². The molecule has 0 atom stereocenters. The third-order valence-corrected chi connectivity index (χ3v) is 8.73. The molecule has 0 radical (unpaired) electrons. The molecule has 0 aliphatic heterocycles. The molecule has 6 rings (SSSR count). The third kappa shape index (κ3) is 4.90. The van der Waals surface area contributed by atoms with E-state index in [4.69, 9.17) is 4.42 Å². The Kier molecular flexibility index (Phi) is 6.75. The topological polar surface area (TPSA) is 121 Å². The summed E-state index contributed by atoms with van der Waals surface area (Å²) in [6, 6.07) is 26.1. The van der Waals surface area contributed by atoms with Crippen molar-refractivity contribution >= 4 is 43.5 Å². The molecule has 1 amide bonds. The first-order valence-corrected chi connectivity index (χ1v) is 15.3. The van der Waals surface area contributed by atoms with Crippen LogP contribution in [0, 0.1) is 18.3 Å². The number of carbonyl (C=O) groups excluding carboxylic acids is 1. The average molecular weight is 590 g/mol. The highest BCUT2D eigenvalue weighted by atomic mass is 32.2. The molecule has 43 heavy (non-hydrogen) atoms. The van der Waals surface area contributed by atoms with Gasteiger partial charge in [0.25, 0.3) is 5.91 Å². The number of benzene rings is 4. The van der Waals surface area contributed by atoms with Crippen molar-refractivity contribution < 1.29 is 17.6 Å². The van der Waals surface area contributed by atoms with Gasteiger partial charge in [0.15, 0.2) is 0 Å². The molecular formula is C33H27N5O4S. The Morgan fingerprint density at radius 3 is 2.35 bits per heavy atom. The van der Waals surface area contributed by atoms with Crippen LogP contribution in [-0.2, 0) is 10.0 Å². The first-order valence-electron chi connectivity index (χ1n) is 13.4. The van der Waals surface area contributed by atoms with Crippen molar-refractivity contribution in [3.8, 4) is 34.2 Å². The maximum absolute atomic E-state index is 13.3. The summed E-state index contributed by atoms with van der Waals surface area (Å²) < 4.78 is 34.8. The molecule has 2 aromatic heterocycles. The predicted molar refractivity (Wildman–Crippen MR) is 168 cm³/mol. The lowest BCUT2D eigenvalue weighted by Crippen LogP contribution is -2.25. The molecule has 0 spiro atoms. The Bertz CT molecular complexity index is 2190. The summed E-state index contributed by atoms with van der Waals surface area (Å²) in [7, 11) is -0.608. The summed E-state index contributed by atoms with van der Waals surface area (Å²) in [6.07, 6.45) is 2.89. The van der Waals surface area contributed by atoms with Crippen LogP contribution in [0.2, 0.25) is 0 Å². The van der Waals surface area contributed by atoms with Crippen molar-refractivity contribution in [3.05, 3.63) is 102 Å². The van der Waals surface area contributed by atoms with E-state index < -0.39 is 10.0 Å². The van der Waals surface area contributed by atoms with Gasteiger partial charge in [0, 0.05) is 42.1 Å². The second-order valence-corrected chi connectivity index (χ2v) is 12.3. The molecular weight excluding hydrogens is 562 g/mol. The standard InChI is InChI=1S/C33H27N5O4S/c1-20-5-9-22(10-6-20)32-31(33(39)35-2)27-16-26(29(17-30(27)42-32)37(3)43(4,40)41)23-11-12-24-19-36-38(28(24)15-23)25-13-7-21(18-34)8-14-25/h5-17,19H,1-4H3,(H,35,39). The minimum absolute atomic E-state index is 0.321. The Hall–Kier alpha value is -5.40. The number of nitriles is 1. The van der Waals surface area contributed by atoms with Crippen molar-refractivity contribution in [2.75, 3.05) is 24.7 Å². The largest absolute Gasteiger partial charge is 0.455 e. The molecule has 0 saturated carbocycles. The monoisotopic (exact) mass is 589 g/mol. The van der Waals surface area contributed by atoms with Gasteiger partial charge in [0.2, 0.25) is 10.0 Å². The van der Waals surface area contributed by atoms with Crippen LogP contribution in [0.25, 0.3) is 50.0 Å². The Balaban J connectivity index is 1.62. The van der Waals surface area contributed by atoms with Crippen LogP contribution in [-0.4, -0.2) is 44.5 Å². The quantitative estimate of drug-likeness (QED) is 0.253. The van der Waals surface area contributed by atoms with Crippen molar-refractivity contribution in [2.45, 2.75) is 6.92 Å². The highest BCUT2D eigenvalue weighted by molar-refractivity contribution is 7.92. The minimum atomic E-state index is -3.66. The van der Waals surface area contributed by atoms with E-state index in [0.29, 0.717) is 39.1 Å². The summed E-state index contributed by atoms with van der Waals surface area (Å²) in [5.74, 6) is 0.0765. The Labute approximate surface area is 248 Å². The van der Waals surface area contributed by atoms with Crippen molar-refractivity contribution in [2.24, 2.45) is 0 Å². The van der Waals surface area contributed by atoms with E-state index in [-0.39, 0.29) is 5.91 Å². The lowest BCUT2D eigenvalue weighted by atomic mass is 9.97. The van der Waals surface area contributed by atoms with Crippen molar-refractivity contribution in [3.63, 3.8) is 0 Å². The average Bonchev–Trinajstić information content (AvgIpc) is 3.60. The molecule has 4 aromatic carbocycles. The molecule has 10 heteroatoms. The van der Waals surface area contributed by atoms with E-state index in [2.05, 4.69) is 16.5 Å². The van der Waals surface area contributed by atoms with Crippen LogP contribution in [0.1, 0.15) is 21.5 Å². The number of furan rings is 1. The second kappa shape index (κ2) is 10.5. The van der Waals surface area contributed by atoms with Crippen LogP contribution in [0.15, 0.2) is 89.5 Å². The number of hydrogen-bond acceptors (Lipinski definition) is 6. The molecule has 0 fully saturated rings. The molecule has 0 saturated heterocycles. The smallest absolute Gasteiger partial charge is 0.255 e. The predicted octanol–water partition coefficient (Wildman–Crippen LogP) is 6.04. The SMILES string of the molecule is CNC(=O)c1c(-c2ccc(C)cc2)oc2cc(N(C)S(C)(=O)=O)c(-c3ccc4cnn(-c5ccc(C#N)cc5)c4c3)cc12. The van der Waals surface area contributed by atoms with Crippen molar-refractivity contribution in [1.82, 2.24) is 15.1 Å². The maximum Gasteiger partial charge on any atom is 0.255 e. The number of carbonyl (C=O) groups is 1. The number of nitrogens with zero attached hydrogens (tertiary/aromatic N) is 4. The fourth-order valence-electron chi connectivity index (χ4n) is 5.13. The van der Waals surface area contributed by atoms with Gasteiger partial charge < -0.3 is 9.73 Å². The van der Waals surface area contributed by atoms with Gasteiger partial charge in [-0.15, -0.1) is 0 Å². The zero-order valence-electron chi connectivity index (χ0n) is 23.9. The third-order valence-electron chi connectivity index (χ3n) is 7.53. The molecule has 2 heterocycles. The number of anilines is 1. The van der Waals surface area contributed by atoms with Gasteiger partial charge in [-0.05, 0) is 48.9 Å². The number of fused-ring (bicyclic) bond motifs is 2. The van der Waals surface area contributed by atoms with Crippen LogP contribution in [0.3, 0.4) is 0 Å². The lowest BCUT2D eigenvalue weighted by molar-refractivity contribution is 0.0964. The zero-order valence-corrected chi connectivity index (χ0v) is 24.7. The van der Waals surface area contributed by atoms with Gasteiger partial charge in [-0.2, -0.15) is 10.4 Å². The number of rotatable bonds is 6. The summed E-state index contributed by atoms with van der Waals surface area (Å²) in [4.78, 5) is 13.3. The first kappa shape index (κ1) is 27.8. The second-order valence-electron chi connectivity index (χ2n) is 10.3. The van der Waals surface area contributed by atoms with E-state index in [1.54, 1.807) is 36.1 Å². The molecule has 0 bridgehead atoms. The molecule has 9 nitrogen and oxygen atoms in total. The van der Waals surface area contributed by atoms with Gasteiger partial charge >= 0.3 is 0 Å². The summed E-state index contributed by atoms with van der Waals surface area (Å²) in [6.45, 7) is 1.98. The van der Waals surface area contributed by atoms with E-state index in [9.17, 15) is 18.5 Å². The summed E-state index contributed by atoms with van der Waals surface area (Å²) >= 11 is 0. The van der Waals surface area contributed by atoms with Crippen molar-refractivity contribution in [1.29, 1.82) is 5.26 Å². The van der Waals surface area contributed by atoms with E-state index in [1.807, 2.05) is 67.6 Å². The number of nitrogens with one attached hydrogen (secondary N) is 1. The van der Waals surface area contributed by atoms with Gasteiger partial charge in [-0.3, -0.25) is 9.10 Å². The van der Waals surface area contributed by atoms with Crippen LogP contribution < -0.4 is 9.62 Å². The Morgan fingerprint density at radius 2 is 1.70 bits per heavy atom. The summed E-state index contributed by atoms with van der Waals surface area (Å²) in [5, 5.41) is 17.9. The normalized spacial score (nSPS) is 11.5. The molecule has 6 aromatic rings. The van der Waals surface area contributed by atoms with E-state index in [1.165, 1.54) is 11.4 Å². The van der Waals surface area contributed by atoms with Gasteiger partial charge in [0.05, 0.1) is 46.5 Å². The molecule has 0 aliphatic carbocycles. The Morgan fingerprint density at radius 1 is 1.00 bits per heavy atom. The number of hydrogen-bond donors (Lipinski definition) is 1. The highest BCUT2D eigenvalue weighted by Crippen LogP contribution is 2.42. The molecule has 214 valence electrons. The minimum Gasteiger partial charge on any atom is -0.455 e. The molecule has 0 aliphatic rings. The zero-order chi connectivity index (χ0) is 30.5. The summed E-state index contributed by atoms with van der Waals surface area (Å²) in [5.41, 5.74) is 6.35. The van der Waals surface area contributed by atoms with E-state index in [0.717, 1.165) is 39.5 Å². The maximum atomic E-state index is 13.3. The van der Waals surface area contributed by atoms with Gasteiger partial charge in [-0.25, -0.2) is 13.1 Å². The lowest BCUT2D eigenvalue weighted by Gasteiger charge is -2.21. The van der Waals surface area contributed by atoms with Gasteiger partial charge in [0.1, 0.15) is 11.3 Å². The molecule has 1 N–H and O–H groups in total. The fourth-order valence-corrected chi connectivity index (χ4v) is 5.64. The number of aryl methyl sites for hydroxylation is 1. The van der Waals surface area contributed by atoms with Crippen LogP contribution in [0.5, 0.6) is 0 Å². The number of aromatic nitrogens is 2.